The second-order valence-corrected chi connectivity index (χ2v) is 6.47. The first-order valence-electron chi connectivity index (χ1n) is 5.70. The molecule has 0 radical (unpaired) electrons. The van der Waals surface area contributed by atoms with E-state index >= 15 is 0 Å². The lowest BCUT2D eigenvalue weighted by Gasteiger charge is -2.10. The van der Waals surface area contributed by atoms with Crippen molar-refractivity contribution in [2.75, 3.05) is 6.54 Å². The Kier molecular flexibility index (Phi) is 4.23. The van der Waals surface area contributed by atoms with Crippen molar-refractivity contribution in [3.05, 3.63) is 20.8 Å². The van der Waals surface area contributed by atoms with Crippen LogP contribution in [-0.2, 0) is 6.42 Å². The molecule has 2 rings (SSSR count). The Labute approximate surface area is 104 Å². The van der Waals surface area contributed by atoms with Crippen molar-refractivity contribution >= 4 is 27.3 Å². The minimum atomic E-state index is 0.793. The molecule has 1 fully saturated rings. The van der Waals surface area contributed by atoms with E-state index in [4.69, 9.17) is 0 Å². The van der Waals surface area contributed by atoms with Crippen molar-refractivity contribution in [1.82, 2.24) is 5.32 Å². The number of rotatable bonds is 6. The molecule has 0 bridgehead atoms. The number of hydrogen-bond donors (Lipinski definition) is 1. The normalized spacial score (nSPS) is 18.0. The predicted octanol–water partition coefficient (Wildman–Crippen LogP) is 3.83. The summed E-state index contributed by atoms with van der Waals surface area (Å²) in [5.74, 6) is 0.793. The van der Waals surface area contributed by atoms with Crippen molar-refractivity contribution in [3.8, 4) is 0 Å². The Morgan fingerprint density at radius 2 is 2.40 bits per heavy atom. The molecule has 1 atom stereocenters. The molecule has 15 heavy (non-hydrogen) atoms. The van der Waals surface area contributed by atoms with Gasteiger partial charge in [0.05, 0.1) is 0 Å². The average Bonchev–Trinajstić information content (AvgIpc) is 2.91. The third-order valence-electron chi connectivity index (χ3n) is 2.82. The van der Waals surface area contributed by atoms with Gasteiger partial charge in [-0.2, -0.15) is 0 Å². The zero-order valence-corrected chi connectivity index (χ0v) is 11.5. The minimum absolute atomic E-state index is 0.793. The summed E-state index contributed by atoms with van der Waals surface area (Å²) < 4.78 is 1.23. The molecule has 0 saturated heterocycles. The first-order valence-corrected chi connectivity index (χ1v) is 7.37. The maximum absolute atomic E-state index is 3.57. The van der Waals surface area contributed by atoms with Crippen LogP contribution in [0.25, 0.3) is 0 Å². The fourth-order valence-electron chi connectivity index (χ4n) is 1.73. The van der Waals surface area contributed by atoms with Gasteiger partial charge in [0.15, 0.2) is 0 Å². The Hall–Kier alpha value is 0.140. The molecule has 1 unspecified atom stereocenters. The smallest absolute Gasteiger partial charge is 0.0285 e. The first kappa shape index (κ1) is 11.6. The Balaban J connectivity index is 1.64. The Morgan fingerprint density at radius 3 is 3.00 bits per heavy atom. The highest BCUT2D eigenvalue weighted by molar-refractivity contribution is 9.10. The SMILES string of the molecule is CC(CCNC1CC1)Cc1cc(Br)cs1. The molecule has 84 valence electrons. The van der Waals surface area contributed by atoms with Crippen LogP contribution in [0.15, 0.2) is 15.9 Å². The van der Waals surface area contributed by atoms with Crippen LogP contribution in [-0.4, -0.2) is 12.6 Å². The maximum Gasteiger partial charge on any atom is 0.0285 e. The van der Waals surface area contributed by atoms with Gasteiger partial charge in [0.1, 0.15) is 0 Å². The molecule has 1 heterocycles. The van der Waals surface area contributed by atoms with Crippen LogP contribution in [0.2, 0.25) is 0 Å². The molecular formula is C12H18BrNS. The highest BCUT2D eigenvalue weighted by Gasteiger charge is 2.19. The van der Waals surface area contributed by atoms with Gasteiger partial charge in [-0.05, 0) is 60.1 Å². The number of nitrogens with one attached hydrogen (secondary N) is 1. The van der Waals surface area contributed by atoms with Gasteiger partial charge in [-0.25, -0.2) is 0 Å². The summed E-state index contributed by atoms with van der Waals surface area (Å²) in [6, 6.07) is 3.10. The minimum Gasteiger partial charge on any atom is -0.314 e. The summed E-state index contributed by atoms with van der Waals surface area (Å²) in [5.41, 5.74) is 0. The lowest BCUT2D eigenvalue weighted by Crippen LogP contribution is -2.19. The van der Waals surface area contributed by atoms with E-state index in [2.05, 4.69) is 39.6 Å². The van der Waals surface area contributed by atoms with Gasteiger partial charge < -0.3 is 5.32 Å². The van der Waals surface area contributed by atoms with Gasteiger partial charge in [-0.1, -0.05) is 6.92 Å². The van der Waals surface area contributed by atoms with E-state index in [1.54, 1.807) is 0 Å². The van der Waals surface area contributed by atoms with E-state index in [0.717, 1.165) is 12.0 Å². The van der Waals surface area contributed by atoms with Crippen LogP contribution in [0.3, 0.4) is 0 Å². The van der Waals surface area contributed by atoms with Gasteiger partial charge in [0.25, 0.3) is 0 Å². The molecule has 1 N–H and O–H groups in total. The van der Waals surface area contributed by atoms with E-state index in [1.807, 2.05) is 11.3 Å². The van der Waals surface area contributed by atoms with Gasteiger partial charge in [-0.15, -0.1) is 11.3 Å². The zero-order valence-electron chi connectivity index (χ0n) is 9.13. The van der Waals surface area contributed by atoms with Gasteiger partial charge in [0, 0.05) is 20.8 Å². The largest absolute Gasteiger partial charge is 0.314 e. The summed E-state index contributed by atoms with van der Waals surface area (Å²) in [4.78, 5) is 1.50. The molecule has 1 nitrogen and oxygen atoms in total. The van der Waals surface area contributed by atoms with Crippen LogP contribution in [0.5, 0.6) is 0 Å². The Bertz CT molecular complexity index is 306. The molecule has 0 aliphatic heterocycles. The van der Waals surface area contributed by atoms with Crippen LogP contribution in [0.1, 0.15) is 31.1 Å². The van der Waals surface area contributed by atoms with Gasteiger partial charge >= 0.3 is 0 Å². The quantitative estimate of drug-likeness (QED) is 0.839. The summed E-state index contributed by atoms with van der Waals surface area (Å²) in [7, 11) is 0. The maximum atomic E-state index is 3.57. The van der Waals surface area contributed by atoms with Crippen LogP contribution in [0, 0.1) is 5.92 Å². The summed E-state index contributed by atoms with van der Waals surface area (Å²) in [6.07, 6.45) is 5.31. The van der Waals surface area contributed by atoms with Crippen molar-refractivity contribution in [1.29, 1.82) is 0 Å². The molecule has 0 spiro atoms. The van der Waals surface area contributed by atoms with Crippen molar-refractivity contribution < 1.29 is 0 Å². The molecule has 0 aromatic carbocycles. The average molecular weight is 288 g/mol. The third kappa shape index (κ3) is 4.25. The molecular weight excluding hydrogens is 270 g/mol. The molecule has 1 aliphatic rings. The summed E-state index contributed by atoms with van der Waals surface area (Å²) >= 11 is 5.36. The van der Waals surface area contributed by atoms with Crippen molar-refractivity contribution in [2.45, 2.75) is 38.6 Å². The van der Waals surface area contributed by atoms with Crippen LogP contribution in [0.4, 0.5) is 0 Å². The van der Waals surface area contributed by atoms with Crippen LogP contribution >= 0.6 is 27.3 Å². The fourth-order valence-corrected chi connectivity index (χ4v) is 3.34. The first-order chi connectivity index (χ1) is 7.24. The Morgan fingerprint density at radius 1 is 1.60 bits per heavy atom. The topological polar surface area (TPSA) is 12.0 Å². The standard InChI is InChI=1S/C12H18BrNS/c1-9(4-5-14-11-2-3-11)6-12-7-10(13)8-15-12/h7-9,11,14H,2-6H2,1H3. The van der Waals surface area contributed by atoms with Gasteiger partial charge in [0.2, 0.25) is 0 Å². The lowest BCUT2D eigenvalue weighted by atomic mass is 10.0. The zero-order chi connectivity index (χ0) is 10.7. The number of hydrogen-bond acceptors (Lipinski definition) is 2. The lowest BCUT2D eigenvalue weighted by molar-refractivity contribution is 0.500. The second-order valence-electron chi connectivity index (χ2n) is 4.56. The molecule has 1 aliphatic carbocycles. The van der Waals surface area contributed by atoms with Crippen molar-refractivity contribution in [3.63, 3.8) is 0 Å². The number of halogens is 1. The third-order valence-corrected chi connectivity index (χ3v) is 4.54. The van der Waals surface area contributed by atoms with Crippen LogP contribution < -0.4 is 5.32 Å². The summed E-state index contributed by atoms with van der Waals surface area (Å²) in [5, 5.41) is 5.74. The molecule has 0 amide bonds. The predicted molar refractivity (Wildman–Crippen MR) is 70.5 cm³/mol. The monoisotopic (exact) mass is 287 g/mol. The highest BCUT2D eigenvalue weighted by atomic mass is 79.9. The number of thiophene rings is 1. The molecule has 3 heteroatoms. The van der Waals surface area contributed by atoms with Crippen molar-refractivity contribution in [2.24, 2.45) is 5.92 Å². The van der Waals surface area contributed by atoms with E-state index in [1.165, 1.54) is 41.6 Å². The van der Waals surface area contributed by atoms with E-state index in [9.17, 15) is 0 Å². The molecule has 1 aromatic heterocycles. The summed E-state index contributed by atoms with van der Waals surface area (Å²) in [6.45, 7) is 3.54. The highest BCUT2D eigenvalue weighted by Crippen LogP contribution is 2.23. The van der Waals surface area contributed by atoms with E-state index in [0.29, 0.717) is 0 Å². The van der Waals surface area contributed by atoms with E-state index in [-0.39, 0.29) is 0 Å². The molecule has 1 aromatic rings. The molecule has 1 saturated carbocycles. The van der Waals surface area contributed by atoms with E-state index < -0.39 is 0 Å². The van der Waals surface area contributed by atoms with Gasteiger partial charge in [-0.3, -0.25) is 0 Å². The fraction of sp³-hybridized carbons (Fsp3) is 0.667. The second kappa shape index (κ2) is 5.46.